The summed E-state index contributed by atoms with van der Waals surface area (Å²) in [6.07, 6.45) is 6.36. The summed E-state index contributed by atoms with van der Waals surface area (Å²) in [5, 5.41) is 9.71. The van der Waals surface area contributed by atoms with Crippen LogP contribution in [0.1, 0.15) is 50.2 Å². The summed E-state index contributed by atoms with van der Waals surface area (Å²) in [7, 11) is 0. The third-order valence-corrected chi connectivity index (χ3v) is 5.28. The summed E-state index contributed by atoms with van der Waals surface area (Å²) < 4.78 is 14.2. The van der Waals surface area contributed by atoms with Crippen LogP contribution in [0.15, 0.2) is 12.1 Å². The van der Waals surface area contributed by atoms with Crippen molar-refractivity contribution in [3.63, 3.8) is 0 Å². The van der Waals surface area contributed by atoms with Gasteiger partial charge in [-0.15, -0.1) is 0 Å². The molecule has 2 aliphatic rings. The first-order chi connectivity index (χ1) is 9.02. The van der Waals surface area contributed by atoms with E-state index in [-0.39, 0.29) is 23.0 Å². The normalized spacial score (nSPS) is 34.3. The topological polar surface area (TPSA) is 46.2 Å². The lowest BCUT2D eigenvalue weighted by atomic mass is 9.60. The second-order valence-corrected chi connectivity index (χ2v) is 6.46. The Bertz CT molecular complexity index is 502. The van der Waals surface area contributed by atoms with Gasteiger partial charge in [0.1, 0.15) is 11.6 Å². The van der Waals surface area contributed by atoms with E-state index in [2.05, 4.69) is 6.92 Å². The predicted molar refractivity (Wildman–Crippen MR) is 73.7 cm³/mol. The van der Waals surface area contributed by atoms with E-state index in [9.17, 15) is 9.50 Å². The Balaban J connectivity index is 2.17. The van der Waals surface area contributed by atoms with Gasteiger partial charge in [-0.1, -0.05) is 26.2 Å². The molecule has 3 heteroatoms. The van der Waals surface area contributed by atoms with Crippen molar-refractivity contribution in [2.75, 3.05) is 0 Å². The highest BCUT2D eigenvalue weighted by molar-refractivity contribution is 5.44. The molecule has 0 radical (unpaired) electrons. The van der Waals surface area contributed by atoms with E-state index in [4.69, 9.17) is 5.73 Å². The van der Waals surface area contributed by atoms with Crippen molar-refractivity contribution in [3.05, 3.63) is 29.1 Å². The first-order valence-electron chi connectivity index (χ1n) is 7.30. The molecular weight excluding hydrogens is 241 g/mol. The molecule has 1 fully saturated rings. The molecule has 0 aliphatic heterocycles. The van der Waals surface area contributed by atoms with Crippen LogP contribution in [-0.4, -0.2) is 11.1 Å². The molecule has 3 N–H and O–H groups in total. The summed E-state index contributed by atoms with van der Waals surface area (Å²) in [5.74, 6) is 0.126. The van der Waals surface area contributed by atoms with Crippen molar-refractivity contribution < 1.29 is 9.50 Å². The van der Waals surface area contributed by atoms with Gasteiger partial charge in [0, 0.05) is 17.5 Å². The quantitative estimate of drug-likeness (QED) is 0.754. The Hall–Kier alpha value is -1.09. The van der Waals surface area contributed by atoms with E-state index in [1.165, 1.54) is 18.9 Å². The number of rotatable bonds is 0. The molecule has 2 nitrogen and oxygen atoms in total. The number of benzene rings is 1. The number of nitrogens with two attached hydrogens (primary N) is 1. The SMILES string of the molecule is C[C@]12CCCCC[C@H](Cc3c(F)cc(O)cc31)[C@H]2N. The second-order valence-electron chi connectivity index (χ2n) is 6.46. The average Bonchev–Trinajstić information content (AvgIpc) is 2.35. The fourth-order valence-electron chi connectivity index (χ4n) is 4.09. The van der Waals surface area contributed by atoms with Gasteiger partial charge in [0.15, 0.2) is 0 Å². The molecule has 1 saturated carbocycles. The van der Waals surface area contributed by atoms with E-state index in [0.29, 0.717) is 5.92 Å². The summed E-state index contributed by atoms with van der Waals surface area (Å²) >= 11 is 0. The van der Waals surface area contributed by atoms with Gasteiger partial charge in [-0.3, -0.25) is 0 Å². The lowest BCUT2D eigenvalue weighted by Crippen LogP contribution is -2.53. The number of hydrogen-bond donors (Lipinski definition) is 2. The maximum absolute atomic E-state index is 14.2. The van der Waals surface area contributed by atoms with Crippen molar-refractivity contribution in [2.24, 2.45) is 11.7 Å². The van der Waals surface area contributed by atoms with Crippen molar-refractivity contribution in [3.8, 4) is 5.75 Å². The van der Waals surface area contributed by atoms with E-state index in [1.807, 2.05) is 0 Å². The molecule has 0 aromatic heterocycles. The van der Waals surface area contributed by atoms with Gasteiger partial charge in [0.2, 0.25) is 0 Å². The minimum atomic E-state index is -0.265. The summed E-state index contributed by atoms with van der Waals surface area (Å²) in [6.45, 7) is 2.15. The van der Waals surface area contributed by atoms with Crippen LogP contribution in [0.3, 0.4) is 0 Å². The van der Waals surface area contributed by atoms with E-state index in [0.717, 1.165) is 36.8 Å². The van der Waals surface area contributed by atoms with Gasteiger partial charge >= 0.3 is 0 Å². The molecule has 2 aliphatic carbocycles. The lowest BCUT2D eigenvalue weighted by Gasteiger charge is -2.47. The Morgan fingerprint density at radius 2 is 2.11 bits per heavy atom. The number of phenols is 1. The van der Waals surface area contributed by atoms with Crippen LogP contribution in [0, 0.1) is 11.7 Å². The lowest BCUT2D eigenvalue weighted by molar-refractivity contribution is 0.198. The van der Waals surface area contributed by atoms with Crippen LogP contribution in [0.2, 0.25) is 0 Å². The summed E-state index contributed by atoms with van der Waals surface area (Å²) in [5.41, 5.74) is 8.03. The number of phenolic OH excluding ortho intramolecular Hbond substituents is 1. The standard InChI is InChI=1S/C16H22FNO/c1-16-6-4-2-3-5-10(15(16)18)7-12-13(16)8-11(19)9-14(12)17/h8-10,15,19H,2-7,18H2,1H3/t10-,15-,16+/m1/s1. The predicted octanol–water partition coefficient (Wildman–Crippen LogP) is 3.25. The van der Waals surface area contributed by atoms with Gasteiger partial charge in [-0.25, -0.2) is 4.39 Å². The van der Waals surface area contributed by atoms with E-state index >= 15 is 0 Å². The highest BCUT2D eigenvalue weighted by atomic mass is 19.1. The third kappa shape index (κ3) is 1.95. The van der Waals surface area contributed by atoms with Crippen molar-refractivity contribution in [1.29, 1.82) is 0 Å². The molecule has 3 atom stereocenters. The zero-order valence-corrected chi connectivity index (χ0v) is 11.5. The van der Waals surface area contributed by atoms with Crippen molar-refractivity contribution in [1.82, 2.24) is 0 Å². The van der Waals surface area contributed by atoms with E-state index < -0.39 is 0 Å². The molecule has 1 aromatic rings. The highest BCUT2D eigenvalue weighted by Crippen LogP contribution is 2.47. The Labute approximate surface area is 113 Å². The summed E-state index contributed by atoms with van der Waals surface area (Å²) in [4.78, 5) is 0. The molecule has 104 valence electrons. The van der Waals surface area contributed by atoms with Gasteiger partial charge in [0.25, 0.3) is 0 Å². The fraction of sp³-hybridized carbons (Fsp3) is 0.625. The monoisotopic (exact) mass is 263 g/mol. The molecule has 0 heterocycles. The number of aromatic hydroxyl groups is 1. The average molecular weight is 263 g/mol. The molecule has 19 heavy (non-hydrogen) atoms. The first-order valence-corrected chi connectivity index (χ1v) is 7.30. The zero-order valence-electron chi connectivity index (χ0n) is 11.5. The maximum Gasteiger partial charge on any atom is 0.130 e. The molecule has 3 rings (SSSR count). The molecule has 0 spiro atoms. The van der Waals surface area contributed by atoms with Crippen LogP contribution in [-0.2, 0) is 11.8 Å². The van der Waals surface area contributed by atoms with Gasteiger partial charge < -0.3 is 10.8 Å². The smallest absolute Gasteiger partial charge is 0.130 e. The van der Waals surface area contributed by atoms with Crippen molar-refractivity contribution >= 4 is 0 Å². The second kappa shape index (κ2) is 4.48. The third-order valence-electron chi connectivity index (χ3n) is 5.28. The van der Waals surface area contributed by atoms with Crippen molar-refractivity contribution in [2.45, 2.75) is 56.9 Å². The van der Waals surface area contributed by atoms with E-state index in [1.54, 1.807) is 6.07 Å². The molecule has 0 saturated heterocycles. The number of fused-ring (bicyclic) bond motifs is 4. The number of hydrogen-bond acceptors (Lipinski definition) is 2. The first kappa shape index (κ1) is 12.9. The molecule has 0 unspecified atom stereocenters. The van der Waals surface area contributed by atoms with Gasteiger partial charge in [-0.2, -0.15) is 0 Å². The van der Waals surface area contributed by atoms with Crippen LogP contribution in [0.4, 0.5) is 4.39 Å². The van der Waals surface area contributed by atoms with Crippen LogP contribution in [0.25, 0.3) is 0 Å². The molecule has 0 amide bonds. The Kier molecular flexibility index (Phi) is 3.05. The van der Waals surface area contributed by atoms with Crippen LogP contribution < -0.4 is 5.73 Å². The molecule has 1 aromatic carbocycles. The zero-order chi connectivity index (χ0) is 13.6. The van der Waals surface area contributed by atoms with Crippen LogP contribution in [0.5, 0.6) is 5.75 Å². The number of halogens is 1. The highest BCUT2D eigenvalue weighted by Gasteiger charge is 2.44. The fourth-order valence-corrected chi connectivity index (χ4v) is 4.09. The Morgan fingerprint density at radius 3 is 2.89 bits per heavy atom. The minimum absolute atomic E-state index is 0.0187. The molecular formula is C16H22FNO. The minimum Gasteiger partial charge on any atom is -0.508 e. The molecule has 2 bridgehead atoms. The van der Waals surface area contributed by atoms with Gasteiger partial charge in [-0.05, 0) is 42.4 Å². The van der Waals surface area contributed by atoms with Crippen LogP contribution >= 0.6 is 0 Å². The Morgan fingerprint density at radius 1 is 1.32 bits per heavy atom. The maximum atomic E-state index is 14.2. The largest absolute Gasteiger partial charge is 0.508 e. The summed E-state index contributed by atoms with van der Waals surface area (Å²) in [6, 6.07) is 3.04. The van der Waals surface area contributed by atoms with Gasteiger partial charge in [0.05, 0.1) is 0 Å².